The largest absolute Gasteiger partial charge is 0.355 e. The number of piperidine rings is 1. The maximum atomic E-state index is 4.80. The number of H-pyrrole nitrogens is 2. The summed E-state index contributed by atoms with van der Waals surface area (Å²) in [7, 11) is 0. The number of nitrogens with one attached hydrogen (secondary N) is 2. The predicted molar refractivity (Wildman–Crippen MR) is 94.2 cm³/mol. The monoisotopic (exact) mass is 318 g/mol. The predicted octanol–water partition coefficient (Wildman–Crippen LogP) is 3.22. The quantitative estimate of drug-likeness (QED) is 0.595. The number of anilines is 1. The van der Waals surface area contributed by atoms with Gasteiger partial charge in [-0.2, -0.15) is 0 Å². The summed E-state index contributed by atoms with van der Waals surface area (Å²) in [6.07, 6.45) is 5.85. The number of hydrogen-bond acceptors (Lipinski definition) is 4. The van der Waals surface area contributed by atoms with Crippen LogP contribution in [0.25, 0.3) is 22.1 Å². The van der Waals surface area contributed by atoms with Crippen LogP contribution in [-0.2, 0) is 0 Å². The number of para-hydroxylation sites is 2. The summed E-state index contributed by atoms with van der Waals surface area (Å²) in [5, 5.41) is 1.09. The second-order valence-corrected chi connectivity index (χ2v) is 6.36. The van der Waals surface area contributed by atoms with Gasteiger partial charge < -0.3 is 14.9 Å². The van der Waals surface area contributed by atoms with Crippen LogP contribution in [0.4, 0.5) is 5.82 Å². The van der Waals surface area contributed by atoms with Gasteiger partial charge in [-0.15, -0.1) is 0 Å². The molecule has 0 amide bonds. The summed E-state index contributed by atoms with van der Waals surface area (Å²) in [5.74, 6) is 2.50. The van der Waals surface area contributed by atoms with Gasteiger partial charge in [-0.1, -0.05) is 12.1 Å². The number of aromatic nitrogens is 5. The third-order valence-electron chi connectivity index (χ3n) is 4.85. The van der Waals surface area contributed by atoms with E-state index < -0.39 is 0 Å². The molecule has 1 fully saturated rings. The molecule has 0 saturated carbocycles. The van der Waals surface area contributed by atoms with Crippen molar-refractivity contribution in [3.05, 3.63) is 48.7 Å². The number of fused-ring (bicyclic) bond motifs is 2. The fourth-order valence-corrected chi connectivity index (χ4v) is 3.67. The van der Waals surface area contributed by atoms with Gasteiger partial charge in [-0.05, 0) is 31.0 Å². The fraction of sp³-hybridized carbons (Fsp3) is 0.278. The first-order valence-corrected chi connectivity index (χ1v) is 8.36. The Bertz CT molecular complexity index is 968. The van der Waals surface area contributed by atoms with Crippen LogP contribution in [0.3, 0.4) is 0 Å². The molecule has 3 aromatic heterocycles. The molecule has 4 aromatic rings. The van der Waals surface area contributed by atoms with Gasteiger partial charge in [0.1, 0.15) is 23.6 Å². The molecule has 120 valence electrons. The number of nitrogens with zero attached hydrogens (tertiary/aromatic N) is 4. The van der Waals surface area contributed by atoms with Crippen molar-refractivity contribution in [2.24, 2.45) is 0 Å². The van der Waals surface area contributed by atoms with Crippen LogP contribution < -0.4 is 4.90 Å². The number of imidazole rings is 1. The summed E-state index contributed by atoms with van der Waals surface area (Å²) in [5.41, 5.74) is 3.05. The third-order valence-corrected chi connectivity index (χ3v) is 4.85. The molecular weight excluding hydrogens is 300 g/mol. The number of aromatic amines is 2. The van der Waals surface area contributed by atoms with Gasteiger partial charge in [0, 0.05) is 25.2 Å². The highest BCUT2D eigenvalue weighted by Crippen LogP contribution is 2.31. The lowest BCUT2D eigenvalue weighted by atomic mass is 9.97. The van der Waals surface area contributed by atoms with E-state index >= 15 is 0 Å². The Balaban J connectivity index is 1.48. The van der Waals surface area contributed by atoms with E-state index in [0.29, 0.717) is 5.92 Å². The van der Waals surface area contributed by atoms with E-state index in [2.05, 4.69) is 43.0 Å². The molecule has 1 aromatic carbocycles. The Morgan fingerprint density at radius 3 is 3.04 bits per heavy atom. The minimum absolute atomic E-state index is 0.398. The molecule has 6 heteroatoms. The van der Waals surface area contributed by atoms with Crippen molar-refractivity contribution >= 4 is 27.9 Å². The van der Waals surface area contributed by atoms with Crippen molar-refractivity contribution in [3.8, 4) is 0 Å². The first kappa shape index (κ1) is 13.5. The molecule has 0 bridgehead atoms. The normalized spacial score (nSPS) is 18.5. The summed E-state index contributed by atoms with van der Waals surface area (Å²) < 4.78 is 0. The van der Waals surface area contributed by atoms with Crippen molar-refractivity contribution in [1.29, 1.82) is 0 Å². The van der Waals surface area contributed by atoms with Gasteiger partial charge in [0.05, 0.1) is 16.4 Å². The lowest BCUT2D eigenvalue weighted by Crippen LogP contribution is -2.35. The molecule has 6 nitrogen and oxygen atoms in total. The molecule has 5 rings (SSSR count). The molecule has 0 aliphatic carbocycles. The van der Waals surface area contributed by atoms with Gasteiger partial charge in [0.2, 0.25) is 0 Å². The molecule has 1 saturated heterocycles. The fourth-order valence-electron chi connectivity index (χ4n) is 3.67. The topological polar surface area (TPSA) is 73.5 Å². The van der Waals surface area contributed by atoms with Crippen LogP contribution in [0.5, 0.6) is 0 Å². The highest BCUT2D eigenvalue weighted by Gasteiger charge is 2.25. The summed E-state index contributed by atoms with van der Waals surface area (Å²) in [6.45, 7) is 1.95. The molecule has 1 aliphatic heterocycles. The van der Waals surface area contributed by atoms with E-state index in [0.717, 1.165) is 59.6 Å². The molecular formula is C18H18N6. The zero-order chi connectivity index (χ0) is 15.9. The molecule has 0 unspecified atom stereocenters. The van der Waals surface area contributed by atoms with Crippen molar-refractivity contribution in [3.63, 3.8) is 0 Å². The maximum Gasteiger partial charge on any atom is 0.142 e. The van der Waals surface area contributed by atoms with E-state index in [1.54, 1.807) is 6.33 Å². The average Bonchev–Trinajstić information content (AvgIpc) is 3.28. The van der Waals surface area contributed by atoms with Crippen molar-refractivity contribution < 1.29 is 0 Å². The lowest BCUT2D eigenvalue weighted by Gasteiger charge is -2.32. The first-order chi connectivity index (χ1) is 11.9. The highest BCUT2D eigenvalue weighted by molar-refractivity contribution is 5.87. The standard InChI is InChI=1S/C18H18N6/c1-2-6-15-14(5-1)22-16(23-15)12-4-3-9-24(10-12)18-13-7-8-19-17(13)20-11-21-18/h1-2,5-8,11-12H,3-4,9-10H2,(H,22,23)(H,19,20,21)/t12-/m0/s1. The third kappa shape index (κ3) is 2.14. The number of hydrogen-bond donors (Lipinski definition) is 2. The Kier molecular flexibility index (Phi) is 3.01. The summed E-state index contributed by atoms with van der Waals surface area (Å²) in [6, 6.07) is 10.3. The van der Waals surface area contributed by atoms with Crippen LogP contribution in [-0.4, -0.2) is 38.0 Å². The van der Waals surface area contributed by atoms with Gasteiger partial charge in [0.15, 0.2) is 0 Å². The second-order valence-electron chi connectivity index (χ2n) is 6.36. The average molecular weight is 318 g/mol. The van der Waals surface area contributed by atoms with Crippen molar-refractivity contribution in [2.45, 2.75) is 18.8 Å². The van der Waals surface area contributed by atoms with Crippen LogP contribution >= 0.6 is 0 Å². The van der Waals surface area contributed by atoms with Crippen molar-refractivity contribution in [1.82, 2.24) is 24.9 Å². The van der Waals surface area contributed by atoms with Crippen LogP contribution in [0.2, 0.25) is 0 Å². The number of rotatable bonds is 2. The van der Waals surface area contributed by atoms with E-state index in [-0.39, 0.29) is 0 Å². The molecule has 4 heterocycles. The maximum absolute atomic E-state index is 4.80. The van der Waals surface area contributed by atoms with Crippen molar-refractivity contribution in [2.75, 3.05) is 18.0 Å². The second kappa shape index (κ2) is 5.33. The van der Waals surface area contributed by atoms with Gasteiger partial charge >= 0.3 is 0 Å². The molecule has 2 N–H and O–H groups in total. The minimum Gasteiger partial charge on any atom is -0.355 e. The van der Waals surface area contributed by atoms with E-state index in [1.807, 2.05) is 18.3 Å². The lowest BCUT2D eigenvalue weighted by molar-refractivity contribution is 0.493. The van der Waals surface area contributed by atoms with Gasteiger partial charge in [-0.25, -0.2) is 15.0 Å². The summed E-state index contributed by atoms with van der Waals surface area (Å²) >= 11 is 0. The zero-order valence-corrected chi connectivity index (χ0v) is 13.2. The van der Waals surface area contributed by atoms with Crippen LogP contribution in [0.1, 0.15) is 24.6 Å². The Morgan fingerprint density at radius 2 is 2.08 bits per heavy atom. The van der Waals surface area contributed by atoms with E-state index in [4.69, 9.17) is 4.98 Å². The molecule has 1 atom stereocenters. The zero-order valence-electron chi connectivity index (χ0n) is 13.2. The molecule has 1 aliphatic rings. The van der Waals surface area contributed by atoms with Crippen LogP contribution in [0.15, 0.2) is 42.9 Å². The van der Waals surface area contributed by atoms with E-state index in [9.17, 15) is 0 Å². The summed E-state index contributed by atoms with van der Waals surface area (Å²) in [4.78, 5) is 22.6. The number of benzene rings is 1. The minimum atomic E-state index is 0.398. The SMILES string of the molecule is c1ccc2[nH]c([C@H]3CCCN(c4ncnc5[nH]ccc45)C3)nc2c1. The highest BCUT2D eigenvalue weighted by atomic mass is 15.2. The Labute approximate surface area is 139 Å². The molecule has 0 radical (unpaired) electrons. The first-order valence-electron chi connectivity index (χ1n) is 8.36. The van der Waals surface area contributed by atoms with Gasteiger partial charge in [-0.3, -0.25) is 0 Å². The Morgan fingerprint density at radius 1 is 1.12 bits per heavy atom. The van der Waals surface area contributed by atoms with E-state index in [1.165, 1.54) is 0 Å². The van der Waals surface area contributed by atoms with Crippen LogP contribution in [0, 0.1) is 0 Å². The molecule has 0 spiro atoms. The van der Waals surface area contributed by atoms with Gasteiger partial charge in [0.25, 0.3) is 0 Å². The smallest absolute Gasteiger partial charge is 0.142 e. The Hall–Kier alpha value is -2.89. The molecule has 24 heavy (non-hydrogen) atoms.